The Morgan fingerprint density at radius 1 is 1.06 bits per heavy atom. The van der Waals surface area contributed by atoms with E-state index in [9.17, 15) is 14.7 Å². The van der Waals surface area contributed by atoms with E-state index in [2.05, 4.69) is 32.6 Å². The lowest BCUT2D eigenvalue weighted by atomic mass is 9.57. The molecule has 3 saturated heterocycles. The number of anilines is 1. The molecular formula is C26H37N5O3. The van der Waals surface area contributed by atoms with E-state index in [1.165, 1.54) is 51.0 Å². The standard InChI is InChI=1S/C26H37N5O3/c32-23-4-3-22(24(33)28-23)31-17-19-13-20(1-2-21(19)25(31)34)30-11-9-29(10-12-30)16-18-14-26(15-18)5-7-27-8-6-26/h1-2,13,18,22,24,27,33H,3-12,14-17H2,(H,28,32)/t22-,24?/m0/s1. The fraction of sp³-hybridized carbons (Fsp3) is 0.692. The monoisotopic (exact) mass is 467 g/mol. The molecule has 1 spiro atoms. The minimum atomic E-state index is -0.993. The van der Waals surface area contributed by atoms with Gasteiger partial charge in [0.2, 0.25) is 5.91 Å². The molecule has 0 radical (unpaired) electrons. The molecule has 34 heavy (non-hydrogen) atoms. The number of carbonyl (C=O) groups is 2. The van der Waals surface area contributed by atoms with Gasteiger partial charge in [0.1, 0.15) is 6.23 Å². The van der Waals surface area contributed by atoms with Gasteiger partial charge in [0.25, 0.3) is 5.91 Å². The number of hydrogen-bond donors (Lipinski definition) is 3. The van der Waals surface area contributed by atoms with Gasteiger partial charge in [0, 0.05) is 56.9 Å². The number of aliphatic hydroxyl groups is 1. The topological polar surface area (TPSA) is 88.2 Å². The Morgan fingerprint density at radius 2 is 1.82 bits per heavy atom. The molecule has 0 bridgehead atoms. The molecule has 1 saturated carbocycles. The first-order chi connectivity index (χ1) is 16.5. The Kier molecular flexibility index (Phi) is 5.78. The number of benzene rings is 1. The number of nitrogens with zero attached hydrogens (tertiary/aromatic N) is 3. The van der Waals surface area contributed by atoms with E-state index in [-0.39, 0.29) is 17.9 Å². The molecule has 3 N–H and O–H groups in total. The van der Waals surface area contributed by atoms with Crippen molar-refractivity contribution in [3.63, 3.8) is 0 Å². The molecule has 1 aromatic rings. The van der Waals surface area contributed by atoms with Gasteiger partial charge in [-0.15, -0.1) is 0 Å². The SMILES string of the molecule is O=C1CC[C@H](N2Cc3cc(N4CCN(CC5CC6(CCNCC6)C5)CC4)ccc3C2=O)C(O)N1. The second-order valence-corrected chi connectivity index (χ2v) is 11.2. The van der Waals surface area contributed by atoms with E-state index in [1.54, 1.807) is 4.90 Å². The van der Waals surface area contributed by atoms with Crippen molar-refractivity contribution in [3.05, 3.63) is 29.3 Å². The van der Waals surface area contributed by atoms with Crippen LogP contribution >= 0.6 is 0 Å². The fourth-order valence-electron chi connectivity index (χ4n) is 7.10. The van der Waals surface area contributed by atoms with Gasteiger partial charge in [-0.3, -0.25) is 14.5 Å². The van der Waals surface area contributed by atoms with Gasteiger partial charge in [0.15, 0.2) is 0 Å². The van der Waals surface area contributed by atoms with Crippen LogP contribution in [-0.2, 0) is 11.3 Å². The van der Waals surface area contributed by atoms with Crippen molar-refractivity contribution in [2.75, 3.05) is 50.7 Å². The third kappa shape index (κ3) is 4.10. The molecule has 1 unspecified atom stereocenters. The summed E-state index contributed by atoms with van der Waals surface area (Å²) in [6.45, 7) is 8.38. The Labute approximate surface area is 201 Å². The molecule has 1 aromatic carbocycles. The summed E-state index contributed by atoms with van der Waals surface area (Å²) in [6.07, 6.45) is 5.42. The molecule has 8 heteroatoms. The number of fused-ring (bicyclic) bond motifs is 1. The van der Waals surface area contributed by atoms with Crippen LogP contribution in [0.15, 0.2) is 18.2 Å². The molecule has 2 amide bonds. The number of piperidine rings is 2. The largest absolute Gasteiger partial charge is 0.372 e. The second kappa shape index (κ2) is 8.81. The molecule has 184 valence electrons. The highest BCUT2D eigenvalue weighted by Crippen LogP contribution is 2.51. The van der Waals surface area contributed by atoms with Crippen molar-refractivity contribution in [2.24, 2.45) is 11.3 Å². The van der Waals surface area contributed by atoms with Gasteiger partial charge >= 0.3 is 0 Å². The number of hydrogen-bond acceptors (Lipinski definition) is 6. The van der Waals surface area contributed by atoms with Crippen LogP contribution in [0.3, 0.4) is 0 Å². The van der Waals surface area contributed by atoms with Crippen LogP contribution in [0, 0.1) is 11.3 Å². The minimum absolute atomic E-state index is 0.0430. The summed E-state index contributed by atoms with van der Waals surface area (Å²) in [5.41, 5.74) is 3.59. The number of carbonyl (C=O) groups excluding carboxylic acids is 2. The summed E-state index contributed by atoms with van der Waals surface area (Å²) < 4.78 is 0. The molecule has 4 aliphatic heterocycles. The zero-order valence-electron chi connectivity index (χ0n) is 20.0. The fourth-order valence-corrected chi connectivity index (χ4v) is 7.10. The normalized spacial score (nSPS) is 29.8. The Bertz CT molecular complexity index is 946. The highest BCUT2D eigenvalue weighted by Gasteiger charge is 2.45. The zero-order valence-corrected chi connectivity index (χ0v) is 20.0. The summed E-state index contributed by atoms with van der Waals surface area (Å²) >= 11 is 0. The van der Waals surface area contributed by atoms with Gasteiger partial charge < -0.3 is 25.5 Å². The average Bonchev–Trinajstić information content (AvgIpc) is 3.15. The lowest BCUT2D eigenvalue weighted by molar-refractivity contribution is -0.129. The van der Waals surface area contributed by atoms with E-state index in [1.807, 2.05) is 6.07 Å². The molecular weight excluding hydrogens is 430 g/mol. The molecule has 1 aliphatic carbocycles. The van der Waals surface area contributed by atoms with Gasteiger partial charge in [-0.2, -0.15) is 0 Å². The summed E-state index contributed by atoms with van der Waals surface area (Å²) in [5.74, 6) is 0.678. The predicted octanol–water partition coefficient (Wildman–Crippen LogP) is 1.14. The molecule has 6 rings (SSSR count). The predicted molar refractivity (Wildman–Crippen MR) is 129 cm³/mol. The second-order valence-electron chi connectivity index (χ2n) is 11.2. The molecule has 4 heterocycles. The number of rotatable bonds is 4. The van der Waals surface area contributed by atoms with Gasteiger partial charge in [-0.05, 0) is 80.3 Å². The van der Waals surface area contributed by atoms with Crippen molar-refractivity contribution >= 4 is 17.5 Å². The van der Waals surface area contributed by atoms with Gasteiger partial charge in [-0.25, -0.2) is 0 Å². The highest BCUT2D eigenvalue weighted by atomic mass is 16.3. The minimum Gasteiger partial charge on any atom is -0.372 e. The lowest BCUT2D eigenvalue weighted by Gasteiger charge is -2.52. The Balaban J connectivity index is 1.03. The van der Waals surface area contributed by atoms with Crippen LogP contribution in [0.1, 0.15) is 54.4 Å². The maximum absolute atomic E-state index is 13.0. The first kappa shape index (κ1) is 22.3. The van der Waals surface area contributed by atoms with E-state index < -0.39 is 6.23 Å². The van der Waals surface area contributed by atoms with Crippen LogP contribution in [0.4, 0.5) is 5.69 Å². The summed E-state index contributed by atoms with van der Waals surface area (Å²) in [5, 5.41) is 16.4. The molecule has 2 atom stereocenters. The van der Waals surface area contributed by atoms with Crippen LogP contribution in [0.5, 0.6) is 0 Å². The lowest BCUT2D eigenvalue weighted by Crippen LogP contribution is -2.55. The van der Waals surface area contributed by atoms with Crippen molar-refractivity contribution < 1.29 is 14.7 Å². The summed E-state index contributed by atoms with van der Waals surface area (Å²) in [6, 6.07) is 5.81. The first-order valence-corrected chi connectivity index (χ1v) is 13.1. The maximum Gasteiger partial charge on any atom is 0.254 e. The Hall–Kier alpha value is -2.16. The van der Waals surface area contributed by atoms with Crippen LogP contribution in [0.25, 0.3) is 0 Å². The Morgan fingerprint density at radius 3 is 2.56 bits per heavy atom. The van der Waals surface area contributed by atoms with Crippen molar-refractivity contribution in [3.8, 4) is 0 Å². The number of aliphatic hydroxyl groups excluding tert-OH is 1. The molecule has 0 aromatic heterocycles. The summed E-state index contributed by atoms with van der Waals surface area (Å²) in [4.78, 5) is 31.3. The highest BCUT2D eigenvalue weighted by molar-refractivity contribution is 5.99. The third-order valence-electron chi connectivity index (χ3n) is 9.02. The van der Waals surface area contributed by atoms with Crippen molar-refractivity contribution in [2.45, 2.75) is 57.3 Å². The number of piperazine rings is 1. The maximum atomic E-state index is 13.0. The summed E-state index contributed by atoms with van der Waals surface area (Å²) in [7, 11) is 0. The number of nitrogens with one attached hydrogen (secondary N) is 2. The van der Waals surface area contributed by atoms with E-state index in [0.717, 1.165) is 43.2 Å². The van der Waals surface area contributed by atoms with Crippen LogP contribution < -0.4 is 15.5 Å². The van der Waals surface area contributed by atoms with E-state index >= 15 is 0 Å². The zero-order chi connectivity index (χ0) is 23.3. The molecule has 5 aliphatic rings. The molecule has 4 fully saturated rings. The number of amides is 2. The molecule has 8 nitrogen and oxygen atoms in total. The van der Waals surface area contributed by atoms with E-state index in [0.29, 0.717) is 24.8 Å². The van der Waals surface area contributed by atoms with Crippen LogP contribution in [0.2, 0.25) is 0 Å². The first-order valence-electron chi connectivity index (χ1n) is 13.1. The average molecular weight is 468 g/mol. The van der Waals surface area contributed by atoms with Gasteiger partial charge in [0.05, 0.1) is 6.04 Å². The smallest absolute Gasteiger partial charge is 0.254 e. The quantitative estimate of drug-likeness (QED) is 0.616. The van der Waals surface area contributed by atoms with Crippen molar-refractivity contribution in [1.82, 2.24) is 20.4 Å². The third-order valence-corrected chi connectivity index (χ3v) is 9.02. The van der Waals surface area contributed by atoms with Gasteiger partial charge in [-0.1, -0.05) is 0 Å². The van der Waals surface area contributed by atoms with E-state index in [4.69, 9.17) is 0 Å². The van der Waals surface area contributed by atoms with Crippen molar-refractivity contribution in [1.29, 1.82) is 0 Å². The van der Waals surface area contributed by atoms with Crippen LogP contribution in [-0.4, -0.2) is 84.8 Å².